The molecule has 1 amide bonds. The molecule has 0 aliphatic carbocycles. The standard InChI is InChI=1S/C16H32N2O/c1-7-12(6)14-16(19)18(10-13(8-2)9-3)15(17-14)11(4)5/h11-15,17H,7-10H2,1-6H3. The van der Waals surface area contributed by atoms with Crippen LogP contribution in [-0.4, -0.2) is 29.6 Å². The van der Waals surface area contributed by atoms with Gasteiger partial charge in [0, 0.05) is 6.54 Å². The van der Waals surface area contributed by atoms with Crippen LogP contribution in [0.25, 0.3) is 0 Å². The number of nitrogens with one attached hydrogen (secondary N) is 1. The summed E-state index contributed by atoms with van der Waals surface area (Å²) in [7, 11) is 0. The SMILES string of the molecule is CCC(CC)CN1C(=O)C(C(C)CC)NC1C(C)C. The maximum absolute atomic E-state index is 12.7. The molecule has 19 heavy (non-hydrogen) atoms. The third-order valence-electron chi connectivity index (χ3n) is 4.69. The lowest BCUT2D eigenvalue weighted by atomic mass is 9.98. The molecule has 1 aliphatic rings. The lowest BCUT2D eigenvalue weighted by Crippen LogP contribution is -2.43. The lowest BCUT2D eigenvalue weighted by molar-refractivity contribution is -0.132. The second-order valence-corrected chi connectivity index (χ2v) is 6.39. The summed E-state index contributed by atoms with van der Waals surface area (Å²) < 4.78 is 0. The molecule has 1 rings (SSSR count). The molecule has 0 saturated carbocycles. The second-order valence-electron chi connectivity index (χ2n) is 6.39. The fourth-order valence-electron chi connectivity index (χ4n) is 2.89. The molecule has 3 heteroatoms. The highest BCUT2D eigenvalue weighted by atomic mass is 16.2. The molecule has 1 N–H and O–H groups in total. The smallest absolute Gasteiger partial charge is 0.241 e. The lowest BCUT2D eigenvalue weighted by Gasteiger charge is -2.30. The van der Waals surface area contributed by atoms with Crippen LogP contribution >= 0.6 is 0 Å². The molecule has 0 aromatic rings. The largest absolute Gasteiger partial charge is 0.325 e. The molecule has 3 nitrogen and oxygen atoms in total. The van der Waals surface area contributed by atoms with Gasteiger partial charge in [-0.2, -0.15) is 0 Å². The van der Waals surface area contributed by atoms with E-state index in [-0.39, 0.29) is 12.2 Å². The Hall–Kier alpha value is -0.570. The van der Waals surface area contributed by atoms with Gasteiger partial charge in [-0.05, 0) is 17.8 Å². The number of carbonyl (C=O) groups excluding carboxylic acids is 1. The molecule has 0 aromatic heterocycles. The maximum Gasteiger partial charge on any atom is 0.241 e. The first-order valence-corrected chi connectivity index (χ1v) is 8.02. The van der Waals surface area contributed by atoms with Gasteiger partial charge in [0.1, 0.15) is 0 Å². The van der Waals surface area contributed by atoms with E-state index in [9.17, 15) is 4.79 Å². The highest BCUT2D eigenvalue weighted by Gasteiger charge is 2.42. The molecule has 0 bridgehead atoms. The fraction of sp³-hybridized carbons (Fsp3) is 0.938. The summed E-state index contributed by atoms with van der Waals surface area (Å²) in [6.07, 6.45) is 3.57. The number of rotatable bonds is 7. The van der Waals surface area contributed by atoms with Crippen molar-refractivity contribution >= 4 is 5.91 Å². The van der Waals surface area contributed by atoms with Gasteiger partial charge in [0.05, 0.1) is 12.2 Å². The Morgan fingerprint density at radius 2 is 1.68 bits per heavy atom. The van der Waals surface area contributed by atoms with Gasteiger partial charge in [-0.1, -0.05) is 60.8 Å². The first-order chi connectivity index (χ1) is 8.96. The van der Waals surface area contributed by atoms with E-state index in [0.29, 0.717) is 23.7 Å². The van der Waals surface area contributed by atoms with E-state index < -0.39 is 0 Å². The zero-order chi connectivity index (χ0) is 14.6. The van der Waals surface area contributed by atoms with Crippen LogP contribution in [0.4, 0.5) is 0 Å². The van der Waals surface area contributed by atoms with Crippen molar-refractivity contribution < 1.29 is 4.79 Å². The summed E-state index contributed by atoms with van der Waals surface area (Å²) in [5.41, 5.74) is 0. The first kappa shape index (κ1) is 16.5. The van der Waals surface area contributed by atoms with Gasteiger partial charge in [-0.15, -0.1) is 0 Å². The highest BCUT2D eigenvalue weighted by Crippen LogP contribution is 2.25. The van der Waals surface area contributed by atoms with Gasteiger partial charge in [-0.25, -0.2) is 0 Å². The van der Waals surface area contributed by atoms with E-state index >= 15 is 0 Å². The Bertz CT molecular complexity index is 286. The average molecular weight is 268 g/mol. The van der Waals surface area contributed by atoms with Crippen LogP contribution in [0.1, 0.15) is 60.8 Å². The van der Waals surface area contributed by atoms with E-state index in [0.717, 1.165) is 25.8 Å². The van der Waals surface area contributed by atoms with Crippen molar-refractivity contribution in [1.82, 2.24) is 10.2 Å². The van der Waals surface area contributed by atoms with Gasteiger partial charge in [0.2, 0.25) is 5.91 Å². The zero-order valence-corrected chi connectivity index (χ0v) is 13.6. The fourth-order valence-corrected chi connectivity index (χ4v) is 2.89. The topological polar surface area (TPSA) is 32.3 Å². The predicted molar refractivity (Wildman–Crippen MR) is 80.8 cm³/mol. The van der Waals surface area contributed by atoms with E-state index in [1.165, 1.54) is 0 Å². The third kappa shape index (κ3) is 3.71. The molecule has 3 atom stereocenters. The molecule has 112 valence electrons. The van der Waals surface area contributed by atoms with Crippen molar-refractivity contribution in [2.24, 2.45) is 17.8 Å². The Balaban J connectivity index is 2.83. The first-order valence-electron chi connectivity index (χ1n) is 8.02. The minimum atomic E-state index is 0.0202. The second kappa shape index (κ2) is 7.28. The van der Waals surface area contributed by atoms with Crippen molar-refractivity contribution in [2.75, 3.05) is 6.54 Å². The zero-order valence-electron chi connectivity index (χ0n) is 13.6. The molecule has 0 aromatic carbocycles. The van der Waals surface area contributed by atoms with Crippen LogP contribution in [0.2, 0.25) is 0 Å². The molecular weight excluding hydrogens is 236 g/mol. The minimum absolute atomic E-state index is 0.0202. The summed E-state index contributed by atoms with van der Waals surface area (Å²) in [5, 5.41) is 3.57. The number of hydrogen-bond acceptors (Lipinski definition) is 2. The molecular formula is C16H32N2O. The summed E-state index contributed by atoms with van der Waals surface area (Å²) >= 11 is 0. The van der Waals surface area contributed by atoms with Crippen molar-refractivity contribution in [3.63, 3.8) is 0 Å². The quantitative estimate of drug-likeness (QED) is 0.768. The van der Waals surface area contributed by atoms with E-state index in [1.807, 2.05) is 0 Å². The van der Waals surface area contributed by atoms with Gasteiger partial charge in [-0.3, -0.25) is 10.1 Å². The number of amides is 1. The number of hydrogen-bond donors (Lipinski definition) is 1. The van der Waals surface area contributed by atoms with Crippen LogP contribution in [0.3, 0.4) is 0 Å². The minimum Gasteiger partial charge on any atom is -0.325 e. The Morgan fingerprint density at radius 3 is 2.11 bits per heavy atom. The number of nitrogens with zero attached hydrogens (tertiary/aromatic N) is 1. The molecule has 0 radical (unpaired) electrons. The van der Waals surface area contributed by atoms with Crippen molar-refractivity contribution in [2.45, 2.75) is 73.0 Å². The van der Waals surface area contributed by atoms with Gasteiger partial charge >= 0.3 is 0 Å². The molecule has 1 heterocycles. The summed E-state index contributed by atoms with van der Waals surface area (Å²) in [5.74, 6) is 1.83. The van der Waals surface area contributed by atoms with Crippen LogP contribution in [0, 0.1) is 17.8 Å². The summed E-state index contributed by atoms with van der Waals surface area (Å²) in [6, 6.07) is 0.0202. The van der Waals surface area contributed by atoms with Crippen LogP contribution in [0.15, 0.2) is 0 Å². The highest BCUT2D eigenvalue weighted by molar-refractivity contribution is 5.84. The van der Waals surface area contributed by atoms with Crippen LogP contribution < -0.4 is 5.32 Å². The predicted octanol–water partition coefficient (Wildman–Crippen LogP) is 3.25. The maximum atomic E-state index is 12.7. The molecule has 1 aliphatic heterocycles. The Kier molecular flexibility index (Phi) is 6.31. The molecule has 1 fully saturated rings. The Labute approximate surface area is 119 Å². The van der Waals surface area contributed by atoms with E-state index in [4.69, 9.17) is 0 Å². The monoisotopic (exact) mass is 268 g/mol. The average Bonchev–Trinajstić information content (AvgIpc) is 2.72. The normalized spacial score (nSPS) is 25.7. The Morgan fingerprint density at radius 1 is 1.11 bits per heavy atom. The van der Waals surface area contributed by atoms with Crippen molar-refractivity contribution in [3.05, 3.63) is 0 Å². The van der Waals surface area contributed by atoms with E-state index in [1.54, 1.807) is 0 Å². The van der Waals surface area contributed by atoms with Gasteiger partial charge in [0.15, 0.2) is 0 Å². The molecule has 0 spiro atoms. The van der Waals surface area contributed by atoms with E-state index in [2.05, 4.69) is 51.8 Å². The van der Waals surface area contributed by atoms with Gasteiger partial charge in [0.25, 0.3) is 0 Å². The molecule has 3 unspecified atom stereocenters. The van der Waals surface area contributed by atoms with Crippen molar-refractivity contribution in [3.8, 4) is 0 Å². The van der Waals surface area contributed by atoms with Crippen LogP contribution in [-0.2, 0) is 4.79 Å². The summed E-state index contributed by atoms with van der Waals surface area (Å²) in [4.78, 5) is 14.8. The summed E-state index contributed by atoms with van der Waals surface area (Å²) in [6.45, 7) is 14.1. The third-order valence-corrected chi connectivity index (χ3v) is 4.69. The molecule has 1 saturated heterocycles. The number of carbonyl (C=O) groups is 1. The van der Waals surface area contributed by atoms with Gasteiger partial charge < -0.3 is 4.90 Å². The van der Waals surface area contributed by atoms with Crippen molar-refractivity contribution in [1.29, 1.82) is 0 Å². The van der Waals surface area contributed by atoms with Crippen LogP contribution in [0.5, 0.6) is 0 Å².